The highest BCUT2D eigenvalue weighted by atomic mass is 19.4. The maximum Gasteiger partial charge on any atom is 0.416 e. The first-order valence-corrected chi connectivity index (χ1v) is 9.11. The number of hydrogen-bond donors (Lipinski definition) is 2. The number of alkyl halides is 3. The molecule has 144 valence electrons. The van der Waals surface area contributed by atoms with Gasteiger partial charge in [0.15, 0.2) is 0 Å². The second-order valence-corrected chi connectivity index (χ2v) is 6.82. The van der Waals surface area contributed by atoms with E-state index in [1.54, 1.807) is 18.3 Å². The van der Waals surface area contributed by atoms with Crippen LogP contribution in [-0.4, -0.2) is 17.4 Å². The molecule has 0 bridgehead atoms. The maximum atomic E-state index is 12.8. The third-order valence-corrected chi connectivity index (χ3v) is 4.78. The zero-order valence-corrected chi connectivity index (χ0v) is 14.9. The summed E-state index contributed by atoms with van der Waals surface area (Å²) in [6, 6.07) is 7.83. The number of carbonyl (C=O) groups excluding carboxylic acids is 1. The Kier molecular flexibility index (Phi) is 5.98. The van der Waals surface area contributed by atoms with Gasteiger partial charge in [-0.25, -0.2) is 4.98 Å². The molecule has 0 saturated heterocycles. The van der Waals surface area contributed by atoms with Crippen molar-refractivity contribution in [1.82, 2.24) is 4.98 Å². The van der Waals surface area contributed by atoms with Crippen LogP contribution >= 0.6 is 0 Å². The van der Waals surface area contributed by atoms with E-state index in [1.165, 1.54) is 31.4 Å². The van der Waals surface area contributed by atoms with E-state index in [4.69, 9.17) is 0 Å². The first kappa shape index (κ1) is 19.2. The van der Waals surface area contributed by atoms with Gasteiger partial charge in [-0.2, -0.15) is 13.2 Å². The normalized spacial score (nSPS) is 15.4. The molecule has 0 unspecified atom stereocenters. The number of halogens is 3. The van der Waals surface area contributed by atoms with Gasteiger partial charge in [-0.3, -0.25) is 4.79 Å². The molecule has 2 aromatic rings. The van der Waals surface area contributed by atoms with Crippen LogP contribution in [0, 0.1) is 5.92 Å². The molecule has 1 saturated carbocycles. The van der Waals surface area contributed by atoms with Gasteiger partial charge < -0.3 is 10.6 Å². The lowest BCUT2D eigenvalue weighted by molar-refractivity contribution is -0.137. The number of anilines is 2. The van der Waals surface area contributed by atoms with E-state index >= 15 is 0 Å². The van der Waals surface area contributed by atoms with Gasteiger partial charge in [-0.1, -0.05) is 25.3 Å². The summed E-state index contributed by atoms with van der Waals surface area (Å²) in [5, 5.41) is 5.76. The molecule has 1 fully saturated rings. The molecule has 1 aliphatic rings. The van der Waals surface area contributed by atoms with E-state index in [2.05, 4.69) is 15.6 Å². The van der Waals surface area contributed by atoms with Gasteiger partial charge in [0.1, 0.15) is 5.82 Å². The van der Waals surface area contributed by atoms with Crippen molar-refractivity contribution in [1.29, 1.82) is 0 Å². The van der Waals surface area contributed by atoms with Crippen LogP contribution in [0.1, 0.15) is 48.0 Å². The average molecular weight is 377 g/mol. The van der Waals surface area contributed by atoms with E-state index < -0.39 is 17.6 Å². The summed E-state index contributed by atoms with van der Waals surface area (Å²) in [6.07, 6.45) is 3.16. The molecule has 2 N–H and O–H groups in total. The standard InChI is InChI=1S/C20H22F3N3O/c21-20(22,23)15-8-4-9-16(12-15)26-19(27)17-10-5-11-24-18(17)25-13-14-6-2-1-3-7-14/h4-5,8-12,14H,1-3,6-7,13H2,(H,24,25)(H,26,27). The van der Waals surface area contributed by atoms with Crippen LogP contribution in [0.4, 0.5) is 24.7 Å². The highest BCUT2D eigenvalue weighted by molar-refractivity contribution is 6.07. The van der Waals surface area contributed by atoms with Gasteiger partial charge in [0, 0.05) is 18.4 Å². The molecule has 0 atom stereocenters. The van der Waals surface area contributed by atoms with Crippen molar-refractivity contribution in [3.8, 4) is 0 Å². The summed E-state index contributed by atoms with van der Waals surface area (Å²) in [7, 11) is 0. The van der Waals surface area contributed by atoms with E-state index in [0.29, 0.717) is 17.3 Å². The predicted octanol–water partition coefficient (Wildman–Crippen LogP) is 5.34. The molecule has 0 aliphatic heterocycles. The molecular formula is C20H22F3N3O. The summed E-state index contributed by atoms with van der Waals surface area (Å²) in [6.45, 7) is 0.737. The van der Waals surface area contributed by atoms with E-state index in [-0.39, 0.29) is 5.69 Å². The Morgan fingerprint density at radius 1 is 1.11 bits per heavy atom. The van der Waals surface area contributed by atoms with Crippen molar-refractivity contribution < 1.29 is 18.0 Å². The fourth-order valence-electron chi connectivity index (χ4n) is 3.33. The number of rotatable bonds is 5. The molecule has 1 aromatic carbocycles. The second kappa shape index (κ2) is 8.41. The van der Waals surface area contributed by atoms with Crippen molar-refractivity contribution in [3.05, 3.63) is 53.7 Å². The van der Waals surface area contributed by atoms with Crippen molar-refractivity contribution in [2.75, 3.05) is 17.2 Å². The highest BCUT2D eigenvalue weighted by Gasteiger charge is 2.30. The van der Waals surface area contributed by atoms with Crippen molar-refractivity contribution >= 4 is 17.4 Å². The van der Waals surface area contributed by atoms with Crippen molar-refractivity contribution in [2.24, 2.45) is 5.92 Å². The summed E-state index contributed by atoms with van der Waals surface area (Å²) in [4.78, 5) is 16.8. The van der Waals surface area contributed by atoms with Crippen LogP contribution in [0.25, 0.3) is 0 Å². The number of pyridine rings is 1. The van der Waals surface area contributed by atoms with Gasteiger partial charge >= 0.3 is 6.18 Å². The number of benzene rings is 1. The van der Waals surface area contributed by atoms with E-state index in [1.807, 2.05) is 0 Å². The Hall–Kier alpha value is -2.57. The summed E-state index contributed by atoms with van der Waals surface area (Å²) >= 11 is 0. The number of nitrogens with one attached hydrogen (secondary N) is 2. The SMILES string of the molecule is O=C(Nc1cccc(C(F)(F)F)c1)c1cccnc1NCC1CCCCC1. The molecule has 0 radical (unpaired) electrons. The van der Waals surface area contributed by atoms with Gasteiger partial charge in [-0.05, 0) is 49.1 Å². The Morgan fingerprint density at radius 3 is 2.63 bits per heavy atom. The molecule has 4 nitrogen and oxygen atoms in total. The molecule has 1 aliphatic carbocycles. The molecule has 0 spiro atoms. The van der Waals surface area contributed by atoms with Gasteiger partial charge in [0.05, 0.1) is 11.1 Å². The monoisotopic (exact) mass is 377 g/mol. The Morgan fingerprint density at radius 2 is 1.89 bits per heavy atom. The fraction of sp³-hybridized carbons (Fsp3) is 0.400. The zero-order valence-electron chi connectivity index (χ0n) is 14.9. The van der Waals surface area contributed by atoms with Gasteiger partial charge in [0.25, 0.3) is 5.91 Å². The molecule has 1 heterocycles. The van der Waals surface area contributed by atoms with Gasteiger partial charge in [-0.15, -0.1) is 0 Å². The van der Waals surface area contributed by atoms with Crippen LogP contribution in [0.3, 0.4) is 0 Å². The molecule has 1 amide bonds. The lowest BCUT2D eigenvalue weighted by Gasteiger charge is -2.22. The summed E-state index contributed by atoms with van der Waals surface area (Å²) in [5.74, 6) is 0.515. The van der Waals surface area contributed by atoms with Crippen LogP contribution in [0.2, 0.25) is 0 Å². The average Bonchev–Trinajstić information content (AvgIpc) is 2.67. The molecule has 1 aromatic heterocycles. The zero-order chi connectivity index (χ0) is 19.3. The third kappa shape index (κ3) is 5.21. The van der Waals surface area contributed by atoms with Crippen LogP contribution in [-0.2, 0) is 6.18 Å². The summed E-state index contributed by atoms with van der Waals surface area (Å²) < 4.78 is 38.5. The van der Waals surface area contributed by atoms with Crippen LogP contribution in [0.15, 0.2) is 42.6 Å². The number of carbonyl (C=O) groups is 1. The smallest absolute Gasteiger partial charge is 0.369 e. The molecular weight excluding hydrogens is 355 g/mol. The fourth-order valence-corrected chi connectivity index (χ4v) is 3.33. The minimum atomic E-state index is -4.46. The quantitative estimate of drug-likeness (QED) is 0.739. The number of nitrogens with zero attached hydrogens (tertiary/aromatic N) is 1. The minimum Gasteiger partial charge on any atom is -0.369 e. The number of aromatic nitrogens is 1. The van der Waals surface area contributed by atoms with Crippen molar-refractivity contribution in [3.63, 3.8) is 0 Å². The Labute approximate surface area is 156 Å². The first-order chi connectivity index (χ1) is 12.9. The molecule has 3 rings (SSSR count). The third-order valence-electron chi connectivity index (χ3n) is 4.78. The second-order valence-electron chi connectivity index (χ2n) is 6.82. The van der Waals surface area contributed by atoms with Crippen LogP contribution in [0.5, 0.6) is 0 Å². The first-order valence-electron chi connectivity index (χ1n) is 9.11. The largest absolute Gasteiger partial charge is 0.416 e. The number of amides is 1. The Balaban J connectivity index is 1.69. The maximum absolute atomic E-state index is 12.8. The topological polar surface area (TPSA) is 54.0 Å². The van der Waals surface area contributed by atoms with E-state index in [0.717, 1.165) is 31.5 Å². The molecule has 7 heteroatoms. The van der Waals surface area contributed by atoms with E-state index in [9.17, 15) is 18.0 Å². The Bertz CT molecular complexity index is 786. The van der Waals surface area contributed by atoms with Crippen molar-refractivity contribution in [2.45, 2.75) is 38.3 Å². The van der Waals surface area contributed by atoms with Gasteiger partial charge in [0.2, 0.25) is 0 Å². The number of hydrogen-bond acceptors (Lipinski definition) is 3. The molecule has 27 heavy (non-hydrogen) atoms. The lowest BCUT2D eigenvalue weighted by atomic mass is 9.89. The highest BCUT2D eigenvalue weighted by Crippen LogP contribution is 2.31. The predicted molar refractivity (Wildman–Crippen MR) is 98.7 cm³/mol. The minimum absolute atomic E-state index is 0.0944. The van der Waals surface area contributed by atoms with Crippen LogP contribution < -0.4 is 10.6 Å². The summed E-state index contributed by atoms with van der Waals surface area (Å²) in [5.41, 5.74) is -0.398. The lowest BCUT2D eigenvalue weighted by Crippen LogP contribution is -2.21.